The van der Waals surface area contributed by atoms with Crippen molar-refractivity contribution in [3.8, 4) is 5.75 Å². The van der Waals surface area contributed by atoms with Crippen molar-refractivity contribution in [3.05, 3.63) is 83.4 Å². The number of ether oxygens (including phenoxy) is 1. The second-order valence-electron chi connectivity index (χ2n) is 6.93. The highest BCUT2D eigenvalue weighted by atomic mass is 16.5. The maximum absolute atomic E-state index is 12.5. The average Bonchev–Trinajstić information content (AvgIpc) is 3.35. The number of carbonyl (C=O) groups is 1. The molecule has 0 fully saturated rings. The monoisotopic (exact) mass is 376 g/mol. The van der Waals surface area contributed by atoms with Gasteiger partial charge in [0, 0.05) is 45.0 Å². The van der Waals surface area contributed by atoms with Crippen molar-refractivity contribution in [2.45, 2.75) is 26.1 Å². The third kappa shape index (κ3) is 4.01. The minimum absolute atomic E-state index is 0.0451. The van der Waals surface area contributed by atoms with Crippen LogP contribution in [0.3, 0.4) is 0 Å². The Labute approximate surface area is 164 Å². The summed E-state index contributed by atoms with van der Waals surface area (Å²) in [7, 11) is 1.66. The van der Waals surface area contributed by atoms with Gasteiger partial charge >= 0.3 is 6.03 Å². The first-order valence-electron chi connectivity index (χ1n) is 9.45. The average molecular weight is 376 g/mol. The van der Waals surface area contributed by atoms with E-state index >= 15 is 0 Å². The van der Waals surface area contributed by atoms with Gasteiger partial charge in [0.15, 0.2) is 0 Å². The van der Waals surface area contributed by atoms with Gasteiger partial charge in [-0.25, -0.2) is 9.78 Å². The van der Waals surface area contributed by atoms with Gasteiger partial charge in [-0.15, -0.1) is 0 Å². The molecule has 0 radical (unpaired) electrons. The van der Waals surface area contributed by atoms with Crippen LogP contribution in [0.2, 0.25) is 0 Å². The molecule has 1 aliphatic rings. The predicted molar refractivity (Wildman–Crippen MR) is 107 cm³/mol. The standard InChI is InChI=1S/C22H24N4O2/c1-28-20-8-7-18-15-26(16-19(18)13-20)22(27)24-10-9-21-23-11-12-25(21)14-17-5-3-2-4-6-17/h2-8,11-13H,9-10,14-16H2,1H3,(H,24,27). The molecule has 2 aromatic carbocycles. The highest BCUT2D eigenvalue weighted by molar-refractivity contribution is 5.75. The van der Waals surface area contributed by atoms with E-state index < -0.39 is 0 Å². The Morgan fingerprint density at radius 1 is 1.14 bits per heavy atom. The molecule has 1 aromatic heterocycles. The van der Waals surface area contributed by atoms with Crippen LogP contribution in [-0.4, -0.2) is 34.1 Å². The van der Waals surface area contributed by atoms with Gasteiger partial charge in [0.25, 0.3) is 0 Å². The van der Waals surface area contributed by atoms with Gasteiger partial charge in [0.05, 0.1) is 7.11 Å². The van der Waals surface area contributed by atoms with Crippen LogP contribution < -0.4 is 10.1 Å². The van der Waals surface area contributed by atoms with Crippen molar-refractivity contribution in [1.82, 2.24) is 19.8 Å². The first-order valence-corrected chi connectivity index (χ1v) is 9.45. The number of amides is 2. The zero-order valence-electron chi connectivity index (χ0n) is 16.0. The Hall–Kier alpha value is -3.28. The third-order valence-corrected chi connectivity index (χ3v) is 5.05. The number of methoxy groups -OCH3 is 1. The summed E-state index contributed by atoms with van der Waals surface area (Å²) < 4.78 is 7.39. The van der Waals surface area contributed by atoms with Crippen LogP contribution in [0, 0.1) is 0 Å². The summed E-state index contributed by atoms with van der Waals surface area (Å²) in [6, 6.07) is 16.2. The zero-order chi connectivity index (χ0) is 19.3. The van der Waals surface area contributed by atoms with Crippen LogP contribution in [0.1, 0.15) is 22.5 Å². The maximum atomic E-state index is 12.5. The zero-order valence-corrected chi connectivity index (χ0v) is 16.0. The van der Waals surface area contributed by atoms with Gasteiger partial charge in [-0.3, -0.25) is 0 Å². The molecule has 0 bridgehead atoms. The smallest absolute Gasteiger partial charge is 0.318 e. The molecular weight excluding hydrogens is 352 g/mol. The lowest BCUT2D eigenvalue weighted by atomic mass is 10.1. The topological polar surface area (TPSA) is 59.4 Å². The van der Waals surface area contributed by atoms with Crippen LogP contribution in [0.4, 0.5) is 4.79 Å². The molecule has 0 saturated heterocycles. The molecule has 2 heterocycles. The number of aromatic nitrogens is 2. The van der Waals surface area contributed by atoms with E-state index in [0.717, 1.165) is 23.7 Å². The number of carbonyl (C=O) groups excluding carboxylic acids is 1. The second kappa shape index (κ2) is 8.17. The first kappa shape index (κ1) is 18.1. The number of benzene rings is 2. The highest BCUT2D eigenvalue weighted by Crippen LogP contribution is 2.26. The summed E-state index contributed by atoms with van der Waals surface area (Å²) in [5.74, 6) is 1.80. The van der Waals surface area contributed by atoms with E-state index in [-0.39, 0.29) is 6.03 Å². The maximum Gasteiger partial charge on any atom is 0.318 e. The molecule has 144 valence electrons. The fraction of sp³-hybridized carbons (Fsp3) is 0.273. The van der Waals surface area contributed by atoms with Crippen LogP contribution in [0.15, 0.2) is 60.9 Å². The van der Waals surface area contributed by atoms with Gasteiger partial charge < -0.3 is 19.5 Å². The number of imidazole rings is 1. The number of rotatable bonds is 6. The van der Waals surface area contributed by atoms with Gasteiger partial charge in [-0.2, -0.15) is 0 Å². The Morgan fingerprint density at radius 2 is 1.96 bits per heavy atom. The predicted octanol–water partition coefficient (Wildman–Crippen LogP) is 3.21. The van der Waals surface area contributed by atoms with E-state index in [0.29, 0.717) is 26.1 Å². The minimum atomic E-state index is -0.0451. The SMILES string of the molecule is COc1ccc2c(c1)CN(C(=O)NCCc1nccn1Cc1ccccc1)C2. The molecule has 0 aliphatic carbocycles. The molecule has 0 spiro atoms. The molecule has 28 heavy (non-hydrogen) atoms. The molecule has 2 amide bonds. The number of hydrogen-bond donors (Lipinski definition) is 1. The number of urea groups is 1. The van der Waals surface area contributed by atoms with Gasteiger partial charge in [-0.05, 0) is 28.8 Å². The number of hydrogen-bond acceptors (Lipinski definition) is 3. The van der Waals surface area contributed by atoms with E-state index in [9.17, 15) is 4.79 Å². The largest absolute Gasteiger partial charge is 0.497 e. The first-order chi connectivity index (χ1) is 13.7. The molecule has 0 saturated carbocycles. The summed E-state index contributed by atoms with van der Waals surface area (Å²) in [4.78, 5) is 18.8. The van der Waals surface area contributed by atoms with Crippen molar-refractivity contribution in [3.63, 3.8) is 0 Å². The van der Waals surface area contributed by atoms with Crippen molar-refractivity contribution in [2.75, 3.05) is 13.7 Å². The van der Waals surface area contributed by atoms with E-state index in [1.165, 1.54) is 11.1 Å². The lowest BCUT2D eigenvalue weighted by Gasteiger charge is -2.16. The lowest BCUT2D eigenvalue weighted by molar-refractivity contribution is 0.198. The van der Waals surface area contributed by atoms with Crippen LogP contribution in [-0.2, 0) is 26.1 Å². The van der Waals surface area contributed by atoms with Crippen LogP contribution in [0.25, 0.3) is 0 Å². The van der Waals surface area contributed by atoms with Gasteiger partial charge in [0.2, 0.25) is 0 Å². The Kier molecular flexibility index (Phi) is 5.28. The summed E-state index contributed by atoms with van der Waals surface area (Å²) in [5.41, 5.74) is 3.55. The molecule has 1 aliphatic heterocycles. The van der Waals surface area contributed by atoms with Crippen molar-refractivity contribution >= 4 is 6.03 Å². The van der Waals surface area contributed by atoms with E-state index in [1.807, 2.05) is 53.7 Å². The number of nitrogens with one attached hydrogen (secondary N) is 1. The van der Waals surface area contributed by atoms with E-state index in [2.05, 4.69) is 27.0 Å². The highest BCUT2D eigenvalue weighted by Gasteiger charge is 2.23. The molecule has 1 N–H and O–H groups in total. The van der Waals surface area contributed by atoms with Gasteiger partial charge in [-0.1, -0.05) is 36.4 Å². The van der Waals surface area contributed by atoms with Crippen molar-refractivity contribution < 1.29 is 9.53 Å². The molecule has 3 aromatic rings. The van der Waals surface area contributed by atoms with Crippen molar-refractivity contribution in [2.24, 2.45) is 0 Å². The number of nitrogens with zero attached hydrogens (tertiary/aromatic N) is 3. The van der Waals surface area contributed by atoms with Crippen LogP contribution in [0.5, 0.6) is 5.75 Å². The molecule has 4 rings (SSSR count). The molecule has 0 atom stereocenters. The molecule has 6 nitrogen and oxygen atoms in total. The minimum Gasteiger partial charge on any atom is -0.497 e. The van der Waals surface area contributed by atoms with E-state index in [1.54, 1.807) is 7.11 Å². The summed E-state index contributed by atoms with van der Waals surface area (Å²) in [6.07, 6.45) is 4.49. The fourth-order valence-electron chi connectivity index (χ4n) is 3.53. The fourth-order valence-corrected chi connectivity index (χ4v) is 3.53. The molecule has 6 heteroatoms. The third-order valence-electron chi connectivity index (χ3n) is 5.05. The summed E-state index contributed by atoms with van der Waals surface area (Å²) >= 11 is 0. The lowest BCUT2D eigenvalue weighted by Crippen LogP contribution is -2.37. The number of fused-ring (bicyclic) bond motifs is 1. The summed E-state index contributed by atoms with van der Waals surface area (Å²) in [5, 5.41) is 3.02. The summed E-state index contributed by atoms with van der Waals surface area (Å²) in [6.45, 7) is 2.59. The van der Waals surface area contributed by atoms with Crippen LogP contribution >= 0.6 is 0 Å². The Bertz CT molecular complexity index is 952. The Morgan fingerprint density at radius 3 is 2.79 bits per heavy atom. The van der Waals surface area contributed by atoms with E-state index in [4.69, 9.17) is 4.74 Å². The second-order valence-corrected chi connectivity index (χ2v) is 6.93. The normalized spacial score (nSPS) is 12.7. The Balaban J connectivity index is 1.29. The van der Waals surface area contributed by atoms with Crippen molar-refractivity contribution in [1.29, 1.82) is 0 Å². The quantitative estimate of drug-likeness (QED) is 0.719. The molecule has 0 unspecified atom stereocenters. The molecular formula is C22H24N4O2. The van der Waals surface area contributed by atoms with Gasteiger partial charge in [0.1, 0.15) is 11.6 Å².